The Hall–Kier alpha value is -1.95. The Labute approximate surface area is 115 Å². The Morgan fingerprint density at radius 1 is 1.21 bits per heavy atom. The Balaban J connectivity index is 2.25. The molecule has 2 N–H and O–H groups in total. The molecule has 0 aliphatic heterocycles. The summed E-state index contributed by atoms with van der Waals surface area (Å²) in [6.45, 7) is 2.98. The zero-order valence-corrected chi connectivity index (χ0v) is 11.4. The minimum atomic E-state index is -0.803. The molecule has 0 bridgehead atoms. The number of benzene rings is 1. The average molecular weight is 259 g/mol. The number of carboxylic acid groups (broad SMARTS) is 1. The fraction of sp³-hybridized carbons (Fsp3) is 0.438. The van der Waals surface area contributed by atoms with Crippen molar-refractivity contribution in [1.29, 1.82) is 0 Å². The van der Waals surface area contributed by atoms with E-state index in [4.69, 9.17) is 5.11 Å². The van der Waals surface area contributed by atoms with Gasteiger partial charge in [-0.05, 0) is 24.1 Å². The summed E-state index contributed by atoms with van der Waals surface area (Å²) in [5.41, 5.74) is 1.82. The molecule has 0 amide bonds. The van der Waals surface area contributed by atoms with Gasteiger partial charge in [0.2, 0.25) is 0 Å². The van der Waals surface area contributed by atoms with Crippen LogP contribution < -0.4 is 5.32 Å². The molecule has 0 fully saturated rings. The number of rotatable bonds is 7. The van der Waals surface area contributed by atoms with Crippen LogP contribution in [0.25, 0.3) is 0 Å². The largest absolute Gasteiger partial charge is 0.481 e. The van der Waals surface area contributed by atoms with Crippen LogP contribution in [0.5, 0.6) is 0 Å². The van der Waals surface area contributed by atoms with Gasteiger partial charge in [0.05, 0.1) is 6.42 Å². The van der Waals surface area contributed by atoms with Gasteiger partial charge >= 0.3 is 5.97 Å². The lowest BCUT2D eigenvalue weighted by Gasteiger charge is -2.04. The van der Waals surface area contributed by atoms with Crippen molar-refractivity contribution in [1.82, 2.24) is 0 Å². The predicted molar refractivity (Wildman–Crippen MR) is 78.2 cm³/mol. The van der Waals surface area contributed by atoms with Gasteiger partial charge in [0.15, 0.2) is 0 Å². The molecule has 0 saturated carbocycles. The highest BCUT2D eigenvalue weighted by Crippen LogP contribution is 2.09. The maximum absolute atomic E-state index is 10.5. The molecule has 0 aliphatic carbocycles. The van der Waals surface area contributed by atoms with E-state index in [0.29, 0.717) is 0 Å². The third kappa shape index (κ3) is 7.15. The number of hydrogen-bond donors (Lipinski definition) is 2. The van der Waals surface area contributed by atoms with E-state index in [1.165, 1.54) is 12.8 Å². The fourth-order valence-electron chi connectivity index (χ4n) is 1.63. The second-order valence-corrected chi connectivity index (χ2v) is 4.40. The molecule has 0 aromatic heterocycles. The second kappa shape index (κ2) is 9.04. The maximum Gasteiger partial charge on any atom is 0.307 e. The van der Waals surface area contributed by atoms with Gasteiger partial charge in [-0.2, -0.15) is 0 Å². The Kier molecular flexibility index (Phi) is 7.19. The van der Waals surface area contributed by atoms with E-state index < -0.39 is 5.97 Å². The van der Waals surface area contributed by atoms with Crippen LogP contribution in [0.15, 0.2) is 24.3 Å². The predicted octanol–water partition coefficient (Wildman–Crippen LogP) is 3.31. The molecule has 0 atom stereocenters. The number of hydrogen-bond acceptors (Lipinski definition) is 2. The summed E-state index contributed by atoms with van der Waals surface area (Å²) in [5.74, 6) is 5.48. The van der Waals surface area contributed by atoms with Crippen molar-refractivity contribution >= 4 is 11.7 Å². The van der Waals surface area contributed by atoms with Crippen molar-refractivity contribution in [2.24, 2.45) is 0 Å². The molecule has 1 aromatic rings. The standard InChI is InChI=1S/C16H21NO2/c1-2-3-4-5-6-7-12-17-15-10-8-14(9-11-15)13-16(18)19/h8-11,17H,2-4,7,12-13H2,1H3,(H,18,19). The lowest BCUT2D eigenvalue weighted by Crippen LogP contribution is -2.02. The normalized spacial score (nSPS) is 9.53. The van der Waals surface area contributed by atoms with Gasteiger partial charge in [-0.1, -0.05) is 25.5 Å². The molecule has 0 heterocycles. The van der Waals surface area contributed by atoms with Gasteiger partial charge in [-0.3, -0.25) is 4.79 Å². The van der Waals surface area contributed by atoms with Gasteiger partial charge in [-0.25, -0.2) is 0 Å². The first-order valence-corrected chi connectivity index (χ1v) is 6.72. The van der Waals surface area contributed by atoms with E-state index in [1.807, 2.05) is 24.3 Å². The van der Waals surface area contributed by atoms with Crippen molar-refractivity contribution in [3.05, 3.63) is 29.8 Å². The van der Waals surface area contributed by atoms with Crippen molar-refractivity contribution in [2.75, 3.05) is 11.9 Å². The smallest absolute Gasteiger partial charge is 0.307 e. The van der Waals surface area contributed by atoms with Crippen LogP contribution >= 0.6 is 0 Å². The van der Waals surface area contributed by atoms with Gasteiger partial charge in [0.25, 0.3) is 0 Å². The monoisotopic (exact) mass is 259 g/mol. The number of anilines is 1. The van der Waals surface area contributed by atoms with Crippen LogP contribution in [-0.2, 0) is 11.2 Å². The quantitative estimate of drug-likeness (QED) is 0.583. The molecule has 3 nitrogen and oxygen atoms in total. The first kappa shape index (κ1) is 15.1. The number of carboxylic acids is 1. The molecule has 0 spiro atoms. The van der Waals surface area contributed by atoms with Crippen LogP contribution in [0, 0.1) is 11.8 Å². The number of nitrogens with one attached hydrogen (secondary N) is 1. The second-order valence-electron chi connectivity index (χ2n) is 4.40. The van der Waals surface area contributed by atoms with Crippen molar-refractivity contribution in [3.63, 3.8) is 0 Å². The Bertz CT molecular complexity index is 440. The zero-order valence-electron chi connectivity index (χ0n) is 11.4. The molecule has 19 heavy (non-hydrogen) atoms. The summed E-state index contributed by atoms with van der Waals surface area (Å²) < 4.78 is 0. The number of unbranched alkanes of at least 4 members (excludes halogenated alkanes) is 2. The molecule has 0 aliphatic rings. The van der Waals surface area contributed by atoms with Crippen molar-refractivity contribution in [3.8, 4) is 11.8 Å². The molecular weight excluding hydrogens is 238 g/mol. The third-order valence-electron chi connectivity index (χ3n) is 2.67. The van der Waals surface area contributed by atoms with Gasteiger partial charge in [0, 0.05) is 25.1 Å². The molecule has 0 unspecified atom stereocenters. The topological polar surface area (TPSA) is 49.3 Å². The summed E-state index contributed by atoms with van der Waals surface area (Å²) >= 11 is 0. The van der Waals surface area contributed by atoms with E-state index in [0.717, 1.165) is 30.6 Å². The molecule has 3 heteroatoms. The summed E-state index contributed by atoms with van der Waals surface area (Å²) in [6, 6.07) is 7.48. The van der Waals surface area contributed by atoms with Gasteiger partial charge in [0.1, 0.15) is 0 Å². The highest BCUT2D eigenvalue weighted by Gasteiger charge is 1.99. The summed E-state index contributed by atoms with van der Waals surface area (Å²) in [7, 11) is 0. The van der Waals surface area contributed by atoms with E-state index in [1.54, 1.807) is 0 Å². The maximum atomic E-state index is 10.5. The van der Waals surface area contributed by atoms with Gasteiger partial charge < -0.3 is 10.4 Å². The molecule has 1 rings (SSSR count). The van der Waals surface area contributed by atoms with E-state index >= 15 is 0 Å². The molecule has 1 aromatic carbocycles. The third-order valence-corrected chi connectivity index (χ3v) is 2.67. The number of carbonyl (C=O) groups is 1. The molecule has 0 radical (unpaired) electrons. The summed E-state index contributed by atoms with van der Waals surface area (Å²) in [6.07, 6.45) is 4.26. The highest BCUT2D eigenvalue weighted by atomic mass is 16.4. The van der Waals surface area contributed by atoms with Crippen molar-refractivity contribution < 1.29 is 9.90 Å². The summed E-state index contributed by atoms with van der Waals surface area (Å²) in [5, 5.41) is 11.9. The first-order valence-electron chi connectivity index (χ1n) is 6.72. The minimum absolute atomic E-state index is 0.0726. The van der Waals surface area contributed by atoms with Crippen LogP contribution in [0.4, 0.5) is 5.69 Å². The van der Waals surface area contributed by atoms with Crippen LogP contribution in [0.3, 0.4) is 0 Å². The van der Waals surface area contributed by atoms with E-state index in [2.05, 4.69) is 24.1 Å². The van der Waals surface area contributed by atoms with Crippen LogP contribution in [-0.4, -0.2) is 17.6 Å². The van der Waals surface area contributed by atoms with Gasteiger partial charge in [-0.15, -0.1) is 11.8 Å². The lowest BCUT2D eigenvalue weighted by molar-refractivity contribution is -0.136. The first-order chi connectivity index (χ1) is 9.22. The van der Waals surface area contributed by atoms with Crippen molar-refractivity contribution in [2.45, 2.75) is 39.0 Å². The fourth-order valence-corrected chi connectivity index (χ4v) is 1.63. The van der Waals surface area contributed by atoms with Crippen LogP contribution in [0.1, 0.15) is 38.2 Å². The summed E-state index contributed by atoms with van der Waals surface area (Å²) in [4.78, 5) is 10.5. The molecule has 0 saturated heterocycles. The Morgan fingerprint density at radius 3 is 2.53 bits per heavy atom. The lowest BCUT2D eigenvalue weighted by atomic mass is 10.1. The number of aliphatic carboxylic acids is 1. The zero-order chi connectivity index (χ0) is 13.9. The SMILES string of the molecule is CCCCC#CCCNc1ccc(CC(=O)O)cc1. The molecular formula is C16H21NO2. The molecule has 102 valence electrons. The van der Waals surface area contributed by atoms with E-state index in [9.17, 15) is 4.79 Å². The highest BCUT2D eigenvalue weighted by molar-refractivity contribution is 5.70. The Morgan fingerprint density at radius 2 is 1.89 bits per heavy atom. The van der Waals surface area contributed by atoms with Crippen LogP contribution in [0.2, 0.25) is 0 Å². The minimum Gasteiger partial charge on any atom is -0.481 e. The van der Waals surface area contributed by atoms with E-state index in [-0.39, 0.29) is 6.42 Å². The average Bonchev–Trinajstić information content (AvgIpc) is 2.39.